The summed E-state index contributed by atoms with van der Waals surface area (Å²) in [5.74, 6) is 0. The Kier molecular flexibility index (Phi) is 2.85. The molecule has 0 aliphatic rings. The van der Waals surface area contributed by atoms with Gasteiger partial charge in [-0.25, -0.2) is 0 Å². The monoisotopic (exact) mass is 205 g/mol. The molecular formula is C12H15NS. The minimum atomic E-state index is 0.300. The molecule has 2 N–H and O–H groups in total. The van der Waals surface area contributed by atoms with Crippen molar-refractivity contribution in [3.8, 4) is 0 Å². The molecule has 14 heavy (non-hydrogen) atoms. The molecule has 2 heteroatoms. The minimum absolute atomic E-state index is 0.300. The van der Waals surface area contributed by atoms with Gasteiger partial charge in [-0.2, -0.15) is 0 Å². The third-order valence-corrected chi connectivity index (χ3v) is 3.44. The highest BCUT2D eigenvalue weighted by Gasteiger charge is 2.03. The second-order valence-electron chi connectivity index (χ2n) is 3.77. The van der Waals surface area contributed by atoms with Crippen molar-refractivity contribution >= 4 is 21.4 Å². The zero-order valence-electron chi connectivity index (χ0n) is 8.36. The van der Waals surface area contributed by atoms with E-state index in [9.17, 15) is 0 Å². The van der Waals surface area contributed by atoms with Gasteiger partial charge in [0.05, 0.1) is 0 Å². The van der Waals surface area contributed by atoms with Crippen LogP contribution in [0.4, 0.5) is 0 Å². The lowest BCUT2D eigenvalue weighted by Gasteiger charge is -2.03. The van der Waals surface area contributed by atoms with Crippen LogP contribution >= 0.6 is 11.3 Å². The number of thiophene rings is 1. The van der Waals surface area contributed by atoms with E-state index in [1.807, 2.05) is 11.3 Å². The molecule has 0 radical (unpaired) electrons. The Morgan fingerprint density at radius 2 is 2.14 bits per heavy atom. The molecule has 0 aliphatic heterocycles. The van der Waals surface area contributed by atoms with Crippen LogP contribution in [0, 0.1) is 0 Å². The molecule has 1 aromatic carbocycles. The molecule has 0 unspecified atom stereocenters. The zero-order valence-corrected chi connectivity index (χ0v) is 9.18. The molecule has 0 aliphatic carbocycles. The summed E-state index contributed by atoms with van der Waals surface area (Å²) in [6, 6.07) is 8.87. The van der Waals surface area contributed by atoms with Gasteiger partial charge in [0.15, 0.2) is 0 Å². The number of rotatable bonds is 3. The smallest absolute Gasteiger partial charge is 0.0345 e. The molecule has 1 heterocycles. The molecule has 0 saturated carbocycles. The fourth-order valence-corrected chi connectivity index (χ4v) is 2.61. The van der Waals surface area contributed by atoms with Gasteiger partial charge >= 0.3 is 0 Å². The van der Waals surface area contributed by atoms with E-state index < -0.39 is 0 Å². The Balaban J connectivity index is 2.25. The van der Waals surface area contributed by atoms with Gasteiger partial charge in [0, 0.05) is 10.7 Å². The van der Waals surface area contributed by atoms with Crippen LogP contribution in [0.2, 0.25) is 0 Å². The first-order valence-electron chi connectivity index (χ1n) is 4.98. The number of hydrogen-bond donors (Lipinski definition) is 1. The maximum absolute atomic E-state index is 5.76. The Morgan fingerprint density at radius 1 is 1.36 bits per heavy atom. The number of aryl methyl sites for hydroxylation is 1. The van der Waals surface area contributed by atoms with Crippen molar-refractivity contribution in [2.75, 3.05) is 0 Å². The van der Waals surface area contributed by atoms with Crippen LogP contribution in [0.1, 0.15) is 18.9 Å². The lowest BCUT2D eigenvalue weighted by atomic mass is 10.1. The quantitative estimate of drug-likeness (QED) is 0.818. The van der Waals surface area contributed by atoms with Crippen LogP contribution in [-0.4, -0.2) is 6.04 Å². The molecule has 1 atom stereocenters. The van der Waals surface area contributed by atoms with Crippen LogP contribution in [0.15, 0.2) is 29.6 Å². The standard InChI is InChI=1S/C12H15NS/c1-9(13)6-7-10-8-14-12-5-3-2-4-11(10)12/h2-5,8-9H,6-7,13H2,1H3/t9-/m0/s1. The molecule has 2 aromatic rings. The van der Waals surface area contributed by atoms with Gasteiger partial charge in [-0.1, -0.05) is 18.2 Å². The minimum Gasteiger partial charge on any atom is -0.328 e. The average molecular weight is 205 g/mol. The second kappa shape index (κ2) is 4.11. The van der Waals surface area contributed by atoms with E-state index in [0.29, 0.717) is 6.04 Å². The third kappa shape index (κ3) is 1.97. The van der Waals surface area contributed by atoms with E-state index in [0.717, 1.165) is 12.8 Å². The van der Waals surface area contributed by atoms with Crippen LogP contribution in [0.3, 0.4) is 0 Å². The van der Waals surface area contributed by atoms with Crippen LogP contribution < -0.4 is 5.73 Å². The SMILES string of the molecule is C[C@H](N)CCc1csc2ccccc12. The van der Waals surface area contributed by atoms with Crippen LogP contribution in [0.5, 0.6) is 0 Å². The summed E-state index contributed by atoms with van der Waals surface area (Å²) in [6.07, 6.45) is 2.17. The lowest BCUT2D eigenvalue weighted by molar-refractivity contribution is 0.668. The number of nitrogens with two attached hydrogens (primary N) is 1. The fourth-order valence-electron chi connectivity index (χ4n) is 1.61. The lowest BCUT2D eigenvalue weighted by Crippen LogP contribution is -2.15. The molecular weight excluding hydrogens is 190 g/mol. The predicted octanol–water partition coefficient (Wildman–Crippen LogP) is 3.18. The maximum atomic E-state index is 5.76. The summed E-state index contributed by atoms with van der Waals surface area (Å²) in [7, 11) is 0. The zero-order chi connectivity index (χ0) is 9.97. The van der Waals surface area contributed by atoms with Gasteiger partial charge < -0.3 is 5.73 Å². The van der Waals surface area contributed by atoms with E-state index in [2.05, 4.69) is 36.6 Å². The maximum Gasteiger partial charge on any atom is 0.0345 e. The molecule has 0 amide bonds. The summed E-state index contributed by atoms with van der Waals surface area (Å²) in [5, 5.41) is 3.66. The van der Waals surface area contributed by atoms with Gasteiger partial charge in [0.25, 0.3) is 0 Å². The topological polar surface area (TPSA) is 26.0 Å². The van der Waals surface area contributed by atoms with E-state index in [1.165, 1.54) is 15.6 Å². The summed E-state index contributed by atoms with van der Waals surface area (Å²) in [5.41, 5.74) is 7.20. The predicted molar refractivity (Wildman–Crippen MR) is 63.8 cm³/mol. The highest BCUT2D eigenvalue weighted by atomic mass is 32.1. The van der Waals surface area contributed by atoms with Crippen LogP contribution in [0.25, 0.3) is 10.1 Å². The van der Waals surface area contributed by atoms with E-state index in [1.54, 1.807) is 0 Å². The molecule has 74 valence electrons. The molecule has 0 bridgehead atoms. The van der Waals surface area contributed by atoms with Gasteiger partial charge in [0.2, 0.25) is 0 Å². The van der Waals surface area contributed by atoms with Crippen molar-refractivity contribution < 1.29 is 0 Å². The normalized spacial score (nSPS) is 13.3. The summed E-state index contributed by atoms with van der Waals surface area (Å²) >= 11 is 1.82. The van der Waals surface area contributed by atoms with Crippen molar-refractivity contribution in [3.63, 3.8) is 0 Å². The molecule has 0 saturated heterocycles. The van der Waals surface area contributed by atoms with Crippen molar-refractivity contribution in [3.05, 3.63) is 35.2 Å². The summed E-state index contributed by atoms with van der Waals surface area (Å²) < 4.78 is 1.38. The van der Waals surface area contributed by atoms with E-state index in [4.69, 9.17) is 5.73 Å². The summed E-state index contributed by atoms with van der Waals surface area (Å²) in [6.45, 7) is 2.06. The Labute approximate surface area is 88.6 Å². The first kappa shape index (κ1) is 9.69. The van der Waals surface area contributed by atoms with Crippen molar-refractivity contribution in [1.29, 1.82) is 0 Å². The van der Waals surface area contributed by atoms with Crippen LogP contribution in [-0.2, 0) is 6.42 Å². The average Bonchev–Trinajstić information content (AvgIpc) is 2.58. The molecule has 0 spiro atoms. The highest BCUT2D eigenvalue weighted by Crippen LogP contribution is 2.26. The number of fused-ring (bicyclic) bond motifs is 1. The van der Waals surface area contributed by atoms with Gasteiger partial charge in [-0.15, -0.1) is 11.3 Å². The van der Waals surface area contributed by atoms with E-state index in [-0.39, 0.29) is 0 Å². The highest BCUT2D eigenvalue weighted by molar-refractivity contribution is 7.17. The first-order chi connectivity index (χ1) is 6.77. The number of benzene rings is 1. The Hall–Kier alpha value is -0.860. The second-order valence-corrected chi connectivity index (χ2v) is 4.68. The van der Waals surface area contributed by atoms with Gasteiger partial charge in [-0.3, -0.25) is 0 Å². The Bertz CT molecular complexity index is 417. The first-order valence-corrected chi connectivity index (χ1v) is 5.86. The third-order valence-electron chi connectivity index (χ3n) is 2.43. The van der Waals surface area contributed by atoms with Gasteiger partial charge in [0.1, 0.15) is 0 Å². The fraction of sp³-hybridized carbons (Fsp3) is 0.333. The molecule has 1 aromatic heterocycles. The summed E-state index contributed by atoms with van der Waals surface area (Å²) in [4.78, 5) is 0. The Morgan fingerprint density at radius 3 is 2.93 bits per heavy atom. The largest absolute Gasteiger partial charge is 0.328 e. The molecule has 0 fully saturated rings. The van der Waals surface area contributed by atoms with Crippen molar-refractivity contribution in [1.82, 2.24) is 0 Å². The van der Waals surface area contributed by atoms with Crippen molar-refractivity contribution in [2.24, 2.45) is 5.73 Å². The van der Waals surface area contributed by atoms with Crippen molar-refractivity contribution in [2.45, 2.75) is 25.8 Å². The molecule has 2 rings (SSSR count). The van der Waals surface area contributed by atoms with Gasteiger partial charge in [-0.05, 0) is 42.2 Å². The number of hydrogen-bond acceptors (Lipinski definition) is 2. The van der Waals surface area contributed by atoms with E-state index >= 15 is 0 Å². The molecule has 1 nitrogen and oxygen atoms in total.